The first-order valence-electron chi connectivity index (χ1n) is 15.0. The first-order valence-corrected chi connectivity index (χ1v) is 15.0. The van der Waals surface area contributed by atoms with E-state index in [0.717, 1.165) is 23.5 Å². The van der Waals surface area contributed by atoms with Gasteiger partial charge in [0, 0.05) is 26.3 Å². The number of ether oxygens (including phenoxy) is 2. The van der Waals surface area contributed by atoms with Gasteiger partial charge in [-0.25, -0.2) is 24.4 Å². The highest BCUT2D eigenvalue weighted by atomic mass is 16.6. The molecule has 12 heteroatoms. The molecule has 1 saturated heterocycles. The number of carbonyl (C=O) groups is 2. The molecule has 46 heavy (non-hydrogen) atoms. The Kier molecular flexibility index (Phi) is 7.99. The lowest BCUT2D eigenvalue weighted by molar-refractivity contribution is 0.00581. The van der Waals surface area contributed by atoms with Crippen LogP contribution < -0.4 is 5.69 Å². The maximum atomic E-state index is 14.1. The van der Waals surface area contributed by atoms with E-state index in [1.165, 1.54) is 17.9 Å². The van der Waals surface area contributed by atoms with Crippen LogP contribution >= 0.6 is 0 Å². The molecule has 1 aliphatic rings. The molecule has 2 aromatic carbocycles. The molecule has 238 valence electrons. The van der Waals surface area contributed by atoms with Gasteiger partial charge in [-0.3, -0.25) is 14.0 Å². The molecule has 0 saturated carbocycles. The average Bonchev–Trinajstić information content (AvgIpc) is 3.71. The summed E-state index contributed by atoms with van der Waals surface area (Å²) in [5.41, 5.74) is 2.88. The molecular weight excluding hydrogens is 588 g/mol. The highest BCUT2D eigenvalue weighted by Gasteiger charge is 2.31. The third kappa shape index (κ3) is 5.79. The number of esters is 2. The van der Waals surface area contributed by atoms with E-state index >= 15 is 0 Å². The summed E-state index contributed by atoms with van der Waals surface area (Å²) in [6.07, 6.45) is 3.90. The quantitative estimate of drug-likeness (QED) is 0.260. The number of carbonyl (C=O) groups excluding carboxylic acids is 2. The third-order valence-corrected chi connectivity index (χ3v) is 8.16. The number of hydrogen-bond donors (Lipinski definition) is 1. The van der Waals surface area contributed by atoms with Crippen LogP contribution in [0.15, 0.2) is 71.8 Å². The van der Waals surface area contributed by atoms with Crippen LogP contribution in [0.2, 0.25) is 0 Å². The molecule has 0 unspecified atom stereocenters. The van der Waals surface area contributed by atoms with Crippen LogP contribution in [0.4, 0.5) is 0 Å². The number of fused-ring (bicyclic) bond motifs is 1. The maximum absolute atomic E-state index is 14.1. The highest BCUT2D eigenvalue weighted by molar-refractivity contribution is 5.90. The summed E-state index contributed by atoms with van der Waals surface area (Å²) in [7, 11) is 3.13. The second-order valence-corrected chi connectivity index (χ2v) is 12.4. The Hall–Kier alpha value is -5.23. The largest absolute Gasteiger partial charge is 0.506 e. The number of likely N-dealkylation sites (tertiary alicyclic amines) is 1. The fourth-order valence-corrected chi connectivity index (χ4v) is 5.90. The standard InChI is InChI=1S/C34H36N6O6/c1-34(2,3)46-32(43)27-18-36-29(37(27)4)20-38-16-14-24(19-38)39-30-26(7-6-15-35-30)40(33(39)44)25-13-12-23(17-28(25)41)21-8-10-22(11-9-21)31(42)45-5/h6-13,15,17-18,24,41H,14,16,19-20H2,1-5H3/t24-/m0/s1. The summed E-state index contributed by atoms with van der Waals surface area (Å²) in [6, 6.07) is 15.4. The van der Waals surface area contributed by atoms with Crippen LogP contribution in [0, 0.1) is 0 Å². The lowest BCUT2D eigenvalue weighted by Gasteiger charge is -2.20. The minimum Gasteiger partial charge on any atom is -0.506 e. The number of aromatic hydroxyl groups is 1. The topological polar surface area (TPSA) is 134 Å². The van der Waals surface area contributed by atoms with Crippen LogP contribution in [0.3, 0.4) is 0 Å². The summed E-state index contributed by atoms with van der Waals surface area (Å²) < 4.78 is 15.2. The van der Waals surface area contributed by atoms with Gasteiger partial charge in [0.05, 0.1) is 42.7 Å². The number of phenols is 1. The van der Waals surface area contributed by atoms with E-state index in [-0.39, 0.29) is 17.5 Å². The minimum absolute atomic E-state index is 0.0665. The maximum Gasteiger partial charge on any atom is 0.357 e. The number of rotatable bonds is 7. The number of nitrogens with zero attached hydrogens (tertiary/aromatic N) is 6. The van der Waals surface area contributed by atoms with E-state index in [1.807, 2.05) is 32.9 Å². The summed E-state index contributed by atoms with van der Waals surface area (Å²) in [5, 5.41) is 11.2. The van der Waals surface area contributed by atoms with Crippen molar-refractivity contribution in [3.63, 3.8) is 0 Å². The van der Waals surface area contributed by atoms with Crippen LogP contribution in [-0.2, 0) is 23.1 Å². The molecule has 1 atom stereocenters. The second-order valence-electron chi connectivity index (χ2n) is 12.4. The van der Waals surface area contributed by atoms with Crippen molar-refractivity contribution in [1.29, 1.82) is 0 Å². The molecule has 3 aromatic heterocycles. The van der Waals surface area contributed by atoms with Gasteiger partial charge in [-0.2, -0.15) is 0 Å². The number of methoxy groups -OCH3 is 1. The summed E-state index contributed by atoms with van der Waals surface area (Å²) in [5.74, 6) is -0.197. The fourth-order valence-electron chi connectivity index (χ4n) is 5.90. The SMILES string of the molecule is COC(=O)c1ccc(-c2ccc(-n3c(=O)n([C@H]4CCN(Cc5ncc(C(=O)OC(C)(C)C)n5C)C4)c4ncccc43)c(O)c2)cc1. The smallest absolute Gasteiger partial charge is 0.357 e. The molecule has 0 bridgehead atoms. The van der Waals surface area contributed by atoms with Crippen molar-refractivity contribution in [2.24, 2.45) is 7.05 Å². The normalized spacial score (nSPS) is 15.4. The van der Waals surface area contributed by atoms with Crippen molar-refractivity contribution < 1.29 is 24.2 Å². The zero-order valence-corrected chi connectivity index (χ0v) is 26.4. The molecule has 12 nitrogen and oxygen atoms in total. The zero-order valence-electron chi connectivity index (χ0n) is 26.4. The van der Waals surface area contributed by atoms with Gasteiger partial charge in [-0.1, -0.05) is 18.2 Å². The van der Waals surface area contributed by atoms with E-state index in [1.54, 1.807) is 64.8 Å². The first kappa shape index (κ1) is 30.8. The van der Waals surface area contributed by atoms with E-state index in [4.69, 9.17) is 9.47 Å². The Morgan fingerprint density at radius 2 is 1.76 bits per heavy atom. The molecule has 0 aliphatic carbocycles. The van der Waals surface area contributed by atoms with Crippen molar-refractivity contribution in [2.75, 3.05) is 20.2 Å². The third-order valence-electron chi connectivity index (χ3n) is 8.16. The van der Waals surface area contributed by atoms with Gasteiger partial charge in [0.25, 0.3) is 0 Å². The molecule has 4 heterocycles. The van der Waals surface area contributed by atoms with Crippen molar-refractivity contribution >= 4 is 23.1 Å². The lowest BCUT2D eigenvalue weighted by Crippen LogP contribution is -2.29. The van der Waals surface area contributed by atoms with Gasteiger partial charge in [-0.05, 0) is 74.7 Å². The van der Waals surface area contributed by atoms with Crippen LogP contribution in [0.1, 0.15) is 59.9 Å². The number of imidazole rings is 2. The molecule has 1 aliphatic heterocycles. The average molecular weight is 625 g/mol. The number of benzene rings is 2. The van der Waals surface area contributed by atoms with Crippen LogP contribution in [0.25, 0.3) is 28.0 Å². The van der Waals surface area contributed by atoms with Crippen molar-refractivity contribution in [2.45, 2.75) is 45.4 Å². The molecule has 0 radical (unpaired) electrons. The van der Waals surface area contributed by atoms with Gasteiger partial charge in [0.2, 0.25) is 0 Å². The highest BCUT2D eigenvalue weighted by Crippen LogP contribution is 2.32. The Morgan fingerprint density at radius 1 is 1.02 bits per heavy atom. The molecule has 1 N–H and O–H groups in total. The Morgan fingerprint density at radius 3 is 2.46 bits per heavy atom. The van der Waals surface area contributed by atoms with Gasteiger partial charge < -0.3 is 19.1 Å². The van der Waals surface area contributed by atoms with Gasteiger partial charge >= 0.3 is 17.6 Å². The molecular formula is C34H36N6O6. The fraction of sp³-hybridized carbons (Fsp3) is 0.324. The van der Waals surface area contributed by atoms with Crippen molar-refractivity contribution in [1.82, 2.24) is 28.6 Å². The van der Waals surface area contributed by atoms with Crippen LogP contribution in [-0.4, -0.2) is 71.4 Å². The number of phenolic OH excluding ortho intramolecular Hbond substituents is 1. The molecule has 1 fully saturated rings. The monoisotopic (exact) mass is 624 g/mol. The zero-order chi connectivity index (χ0) is 32.7. The van der Waals surface area contributed by atoms with Crippen LogP contribution in [0.5, 0.6) is 5.75 Å². The Balaban J connectivity index is 1.26. The van der Waals surface area contributed by atoms with E-state index in [2.05, 4.69) is 14.9 Å². The van der Waals surface area contributed by atoms with Crippen molar-refractivity contribution in [3.05, 3.63) is 94.6 Å². The molecule has 5 aromatic rings. The molecule has 0 amide bonds. The number of aromatic nitrogens is 5. The van der Waals surface area contributed by atoms with E-state index in [9.17, 15) is 19.5 Å². The number of pyridine rings is 1. The summed E-state index contributed by atoms with van der Waals surface area (Å²) in [4.78, 5) is 49.8. The summed E-state index contributed by atoms with van der Waals surface area (Å²) in [6.45, 7) is 7.28. The Labute approximate surface area is 265 Å². The first-order chi connectivity index (χ1) is 21.9. The Bertz CT molecular complexity index is 2000. The second kappa shape index (κ2) is 11.9. The van der Waals surface area contributed by atoms with Gasteiger partial charge in [-0.15, -0.1) is 0 Å². The van der Waals surface area contributed by atoms with E-state index in [0.29, 0.717) is 47.6 Å². The predicted molar refractivity (Wildman–Crippen MR) is 171 cm³/mol. The molecule has 0 spiro atoms. The summed E-state index contributed by atoms with van der Waals surface area (Å²) >= 11 is 0. The van der Waals surface area contributed by atoms with E-state index < -0.39 is 17.5 Å². The lowest BCUT2D eigenvalue weighted by atomic mass is 10.0. The van der Waals surface area contributed by atoms with Crippen molar-refractivity contribution in [3.8, 4) is 22.6 Å². The predicted octanol–water partition coefficient (Wildman–Crippen LogP) is 4.48. The minimum atomic E-state index is -0.609. The molecule has 6 rings (SSSR count). The number of hydrogen-bond acceptors (Lipinski definition) is 9. The van der Waals surface area contributed by atoms with Gasteiger partial charge in [0.15, 0.2) is 5.65 Å². The van der Waals surface area contributed by atoms with Gasteiger partial charge in [0.1, 0.15) is 22.9 Å².